The minimum Gasteiger partial charge on any atom is -0.293 e. The van der Waals surface area contributed by atoms with Gasteiger partial charge in [-0.3, -0.25) is 9.36 Å². The molecular weight excluding hydrogens is 410 g/mol. The maximum absolute atomic E-state index is 12.3. The van der Waals surface area contributed by atoms with Gasteiger partial charge in [0.1, 0.15) is 6.33 Å². The number of aryl methyl sites for hydroxylation is 1. The van der Waals surface area contributed by atoms with E-state index in [2.05, 4.69) is 26.1 Å². The highest BCUT2D eigenvalue weighted by molar-refractivity contribution is 9.10. The fourth-order valence-electron chi connectivity index (χ4n) is 2.08. The number of ketones is 1. The zero-order chi connectivity index (χ0) is 17.1. The molecule has 0 aliphatic heterocycles. The summed E-state index contributed by atoms with van der Waals surface area (Å²) >= 11 is 10.9. The molecule has 122 valence electrons. The van der Waals surface area contributed by atoms with E-state index in [9.17, 15) is 4.79 Å². The Labute approximate surface area is 157 Å². The van der Waals surface area contributed by atoms with Gasteiger partial charge in [-0.25, -0.2) is 0 Å². The predicted molar refractivity (Wildman–Crippen MR) is 100 cm³/mol. The minimum atomic E-state index is 0.0454. The number of carbonyl (C=O) groups is 1. The standard InChI is InChI=1S/C17H13BrClN3OS/c1-11-2-7-14(8-15(11)19)22-10-20-21-17(22)24-9-16(23)12-3-5-13(18)6-4-12/h2-8,10H,9H2,1H3. The Morgan fingerprint density at radius 1 is 1.25 bits per heavy atom. The van der Waals surface area contributed by atoms with Crippen molar-refractivity contribution in [1.82, 2.24) is 14.8 Å². The van der Waals surface area contributed by atoms with E-state index in [0.717, 1.165) is 15.7 Å². The SMILES string of the molecule is Cc1ccc(-n2cnnc2SCC(=O)c2ccc(Br)cc2)cc1Cl. The van der Waals surface area contributed by atoms with Crippen LogP contribution in [0.2, 0.25) is 5.02 Å². The number of Topliss-reactive ketones (excluding diaryl/α,β-unsaturated/α-hetero) is 1. The van der Waals surface area contributed by atoms with Gasteiger partial charge < -0.3 is 0 Å². The number of hydrogen-bond donors (Lipinski definition) is 0. The van der Waals surface area contributed by atoms with Gasteiger partial charge in [0, 0.05) is 15.1 Å². The first kappa shape index (κ1) is 17.2. The second-order valence-corrected chi connectivity index (χ2v) is 7.40. The molecule has 0 saturated heterocycles. The molecule has 3 rings (SSSR count). The number of hydrogen-bond acceptors (Lipinski definition) is 4. The first-order valence-corrected chi connectivity index (χ1v) is 9.28. The van der Waals surface area contributed by atoms with E-state index in [1.807, 2.05) is 41.8 Å². The van der Waals surface area contributed by atoms with Crippen molar-refractivity contribution in [2.45, 2.75) is 12.1 Å². The lowest BCUT2D eigenvalue weighted by atomic mass is 10.2. The van der Waals surface area contributed by atoms with Crippen LogP contribution in [0.1, 0.15) is 15.9 Å². The third-order valence-electron chi connectivity index (χ3n) is 3.45. The Bertz CT molecular complexity index is 880. The van der Waals surface area contributed by atoms with Gasteiger partial charge in [-0.2, -0.15) is 0 Å². The zero-order valence-corrected chi connectivity index (χ0v) is 15.9. The monoisotopic (exact) mass is 421 g/mol. The first-order valence-electron chi connectivity index (χ1n) is 7.13. The molecule has 4 nitrogen and oxygen atoms in total. The smallest absolute Gasteiger partial charge is 0.196 e. The molecule has 0 fully saturated rings. The molecule has 24 heavy (non-hydrogen) atoms. The second-order valence-electron chi connectivity index (χ2n) is 5.14. The van der Waals surface area contributed by atoms with Gasteiger partial charge in [0.2, 0.25) is 0 Å². The average molecular weight is 423 g/mol. The van der Waals surface area contributed by atoms with Gasteiger partial charge >= 0.3 is 0 Å². The zero-order valence-electron chi connectivity index (χ0n) is 12.7. The summed E-state index contributed by atoms with van der Waals surface area (Å²) in [5, 5.41) is 9.38. The van der Waals surface area contributed by atoms with Crippen molar-refractivity contribution >= 4 is 45.1 Å². The van der Waals surface area contributed by atoms with Gasteiger partial charge in [0.05, 0.1) is 11.4 Å². The van der Waals surface area contributed by atoms with Crippen LogP contribution in [0.15, 0.2) is 58.4 Å². The van der Waals surface area contributed by atoms with Crippen molar-refractivity contribution < 1.29 is 4.79 Å². The van der Waals surface area contributed by atoms with E-state index in [-0.39, 0.29) is 5.78 Å². The molecule has 0 unspecified atom stereocenters. The molecule has 3 aromatic rings. The van der Waals surface area contributed by atoms with E-state index >= 15 is 0 Å². The molecule has 2 aromatic carbocycles. The van der Waals surface area contributed by atoms with Crippen molar-refractivity contribution in [3.63, 3.8) is 0 Å². The van der Waals surface area contributed by atoms with E-state index in [0.29, 0.717) is 21.5 Å². The van der Waals surface area contributed by atoms with E-state index in [1.165, 1.54) is 11.8 Å². The summed E-state index contributed by atoms with van der Waals surface area (Å²) in [6, 6.07) is 13.1. The summed E-state index contributed by atoms with van der Waals surface area (Å²) in [5.41, 5.74) is 2.55. The molecule has 0 amide bonds. The number of carbonyl (C=O) groups excluding carboxylic acids is 1. The Morgan fingerprint density at radius 2 is 2.00 bits per heavy atom. The fourth-order valence-corrected chi connectivity index (χ4v) is 3.34. The number of halogens is 2. The molecule has 0 bridgehead atoms. The van der Waals surface area contributed by atoms with Crippen LogP contribution in [0.25, 0.3) is 5.69 Å². The number of benzene rings is 2. The number of nitrogens with zero attached hydrogens (tertiary/aromatic N) is 3. The van der Waals surface area contributed by atoms with Gasteiger partial charge in [-0.05, 0) is 36.8 Å². The molecule has 0 N–H and O–H groups in total. The summed E-state index contributed by atoms with van der Waals surface area (Å²) in [7, 11) is 0. The average Bonchev–Trinajstić information content (AvgIpc) is 3.04. The van der Waals surface area contributed by atoms with Crippen molar-refractivity contribution in [3.05, 3.63) is 69.4 Å². The highest BCUT2D eigenvalue weighted by Crippen LogP contribution is 2.24. The van der Waals surface area contributed by atoms with Crippen LogP contribution < -0.4 is 0 Å². The topological polar surface area (TPSA) is 47.8 Å². The molecule has 0 aliphatic rings. The van der Waals surface area contributed by atoms with E-state index in [4.69, 9.17) is 11.6 Å². The van der Waals surface area contributed by atoms with Crippen LogP contribution in [-0.2, 0) is 0 Å². The summed E-state index contributed by atoms with van der Waals surface area (Å²) in [6.07, 6.45) is 1.62. The fraction of sp³-hybridized carbons (Fsp3) is 0.118. The Hall–Kier alpha value is -1.63. The lowest BCUT2D eigenvalue weighted by Gasteiger charge is -2.07. The maximum atomic E-state index is 12.3. The van der Waals surface area contributed by atoms with E-state index < -0.39 is 0 Å². The van der Waals surface area contributed by atoms with Crippen LogP contribution in [-0.4, -0.2) is 26.3 Å². The van der Waals surface area contributed by atoms with Crippen LogP contribution in [0.3, 0.4) is 0 Å². The second kappa shape index (κ2) is 7.51. The van der Waals surface area contributed by atoms with Crippen molar-refractivity contribution in [1.29, 1.82) is 0 Å². The quantitative estimate of drug-likeness (QED) is 0.430. The number of rotatable bonds is 5. The third-order valence-corrected chi connectivity index (χ3v) is 5.33. The van der Waals surface area contributed by atoms with E-state index in [1.54, 1.807) is 18.5 Å². The molecular formula is C17H13BrClN3OS. The largest absolute Gasteiger partial charge is 0.293 e. The molecule has 0 radical (unpaired) electrons. The van der Waals surface area contributed by atoms with Crippen LogP contribution in [0.4, 0.5) is 0 Å². The Morgan fingerprint density at radius 3 is 2.71 bits per heavy atom. The lowest BCUT2D eigenvalue weighted by molar-refractivity contribution is 0.102. The van der Waals surface area contributed by atoms with Crippen molar-refractivity contribution in [3.8, 4) is 5.69 Å². The first-order chi connectivity index (χ1) is 11.5. The highest BCUT2D eigenvalue weighted by atomic mass is 79.9. The molecule has 1 heterocycles. The normalized spacial score (nSPS) is 10.8. The van der Waals surface area contributed by atoms with Gasteiger partial charge in [0.15, 0.2) is 10.9 Å². The summed E-state index contributed by atoms with van der Waals surface area (Å²) in [6.45, 7) is 1.95. The molecule has 0 spiro atoms. The van der Waals surface area contributed by atoms with Crippen LogP contribution >= 0.6 is 39.3 Å². The number of thioether (sulfide) groups is 1. The van der Waals surface area contributed by atoms with Crippen LogP contribution in [0.5, 0.6) is 0 Å². The van der Waals surface area contributed by atoms with Crippen molar-refractivity contribution in [2.24, 2.45) is 0 Å². The minimum absolute atomic E-state index is 0.0454. The predicted octanol–water partition coefficient (Wildman–Crippen LogP) is 4.97. The molecule has 0 aliphatic carbocycles. The molecule has 7 heteroatoms. The summed E-state index contributed by atoms with van der Waals surface area (Å²) in [5.74, 6) is 0.337. The molecule has 1 aromatic heterocycles. The van der Waals surface area contributed by atoms with Crippen molar-refractivity contribution in [2.75, 3.05) is 5.75 Å². The highest BCUT2D eigenvalue weighted by Gasteiger charge is 2.12. The summed E-state index contributed by atoms with van der Waals surface area (Å²) < 4.78 is 2.77. The third kappa shape index (κ3) is 3.88. The Kier molecular flexibility index (Phi) is 5.38. The van der Waals surface area contributed by atoms with Crippen LogP contribution in [0, 0.1) is 6.92 Å². The summed E-state index contributed by atoms with van der Waals surface area (Å²) in [4.78, 5) is 12.3. The van der Waals surface area contributed by atoms with Gasteiger partial charge in [-0.1, -0.05) is 57.5 Å². The van der Waals surface area contributed by atoms with Gasteiger partial charge in [0.25, 0.3) is 0 Å². The maximum Gasteiger partial charge on any atom is 0.196 e. The Balaban J connectivity index is 1.75. The lowest BCUT2D eigenvalue weighted by Crippen LogP contribution is -2.04. The number of aromatic nitrogens is 3. The molecule has 0 saturated carbocycles. The van der Waals surface area contributed by atoms with Gasteiger partial charge in [-0.15, -0.1) is 10.2 Å². The molecule has 0 atom stereocenters.